The minimum atomic E-state index is 0.374. The third-order valence-corrected chi connectivity index (χ3v) is 5.45. The Morgan fingerprint density at radius 1 is 1.17 bits per heavy atom. The molecule has 0 amide bonds. The summed E-state index contributed by atoms with van der Waals surface area (Å²) in [6, 6.07) is 6.45. The molecule has 3 aliphatic carbocycles. The van der Waals surface area contributed by atoms with Crippen molar-refractivity contribution < 1.29 is 9.32 Å². The standard InChI is InChI=1S/C19H20N2O2/c22-17(11-1-2-11)10-14-6-5-13-9-15(7-8-16(13)14)18-20-19(23-21-18)12-3-4-12/h7-9,11-12,14H,1-6,10H2/t14-/m0/s1. The zero-order valence-corrected chi connectivity index (χ0v) is 13.1. The van der Waals surface area contributed by atoms with Gasteiger partial charge >= 0.3 is 0 Å². The van der Waals surface area contributed by atoms with Crippen LogP contribution in [0.2, 0.25) is 0 Å². The second-order valence-electron chi connectivity index (χ2n) is 7.32. The van der Waals surface area contributed by atoms with E-state index in [2.05, 4.69) is 28.3 Å². The van der Waals surface area contributed by atoms with Crippen molar-refractivity contribution >= 4 is 5.78 Å². The first kappa shape index (κ1) is 13.5. The highest BCUT2D eigenvalue weighted by atomic mass is 16.5. The fourth-order valence-electron chi connectivity index (χ4n) is 3.72. The third kappa shape index (κ3) is 2.50. The van der Waals surface area contributed by atoms with Gasteiger partial charge in [-0.2, -0.15) is 4.98 Å². The van der Waals surface area contributed by atoms with Gasteiger partial charge in [0.1, 0.15) is 5.78 Å². The van der Waals surface area contributed by atoms with Crippen molar-refractivity contribution in [2.24, 2.45) is 5.92 Å². The number of hydrogen-bond acceptors (Lipinski definition) is 4. The van der Waals surface area contributed by atoms with Gasteiger partial charge in [0.15, 0.2) is 0 Å². The van der Waals surface area contributed by atoms with E-state index in [4.69, 9.17) is 4.52 Å². The van der Waals surface area contributed by atoms with E-state index in [0.29, 0.717) is 29.4 Å². The number of benzene rings is 1. The van der Waals surface area contributed by atoms with Gasteiger partial charge in [-0.1, -0.05) is 17.3 Å². The van der Waals surface area contributed by atoms with Gasteiger partial charge in [-0.25, -0.2) is 0 Å². The molecule has 2 fully saturated rings. The first-order valence-corrected chi connectivity index (χ1v) is 8.77. The molecular weight excluding hydrogens is 288 g/mol. The predicted octanol–water partition coefficient (Wildman–Crippen LogP) is 4.01. The molecule has 5 rings (SSSR count). The Morgan fingerprint density at radius 2 is 2.04 bits per heavy atom. The van der Waals surface area contributed by atoms with Crippen molar-refractivity contribution in [2.75, 3.05) is 0 Å². The highest BCUT2D eigenvalue weighted by molar-refractivity contribution is 5.84. The quantitative estimate of drug-likeness (QED) is 0.837. The van der Waals surface area contributed by atoms with Crippen LogP contribution < -0.4 is 0 Å². The second-order valence-corrected chi connectivity index (χ2v) is 7.32. The molecule has 0 unspecified atom stereocenters. The van der Waals surface area contributed by atoms with Crippen LogP contribution in [0, 0.1) is 5.92 Å². The lowest BCUT2D eigenvalue weighted by Gasteiger charge is -2.10. The Kier molecular flexibility index (Phi) is 2.94. The van der Waals surface area contributed by atoms with E-state index in [-0.39, 0.29) is 0 Å². The van der Waals surface area contributed by atoms with E-state index >= 15 is 0 Å². The van der Waals surface area contributed by atoms with Crippen LogP contribution in [0.15, 0.2) is 22.7 Å². The summed E-state index contributed by atoms with van der Waals surface area (Å²) < 4.78 is 5.36. The molecule has 0 saturated heterocycles. The van der Waals surface area contributed by atoms with Gasteiger partial charge in [-0.3, -0.25) is 4.79 Å². The van der Waals surface area contributed by atoms with Gasteiger partial charge in [0, 0.05) is 23.8 Å². The van der Waals surface area contributed by atoms with E-state index in [1.165, 1.54) is 24.0 Å². The molecule has 0 bridgehead atoms. The average molecular weight is 308 g/mol. The number of rotatable bonds is 5. The number of carbonyl (C=O) groups is 1. The van der Waals surface area contributed by atoms with Gasteiger partial charge < -0.3 is 4.52 Å². The zero-order valence-electron chi connectivity index (χ0n) is 13.1. The number of ketones is 1. The van der Waals surface area contributed by atoms with Crippen molar-refractivity contribution in [3.63, 3.8) is 0 Å². The normalized spacial score (nSPS) is 23.0. The van der Waals surface area contributed by atoms with Gasteiger partial charge in [0.25, 0.3) is 0 Å². The molecular formula is C19H20N2O2. The SMILES string of the molecule is O=C(C[C@@H]1CCc2cc(-c3noc(C4CC4)n3)ccc21)C1CC1. The molecule has 3 aliphatic rings. The van der Waals surface area contributed by atoms with Crippen molar-refractivity contribution in [1.82, 2.24) is 10.1 Å². The monoisotopic (exact) mass is 308 g/mol. The predicted molar refractivity (Wildman–Crippen MR) is 85.1 cm³/mol. The lowest BCUT2D eigenvalue weighted by molar-refractivity contribution is -0.120. The van der Waals surface area contributed by atoms with Crippen LogP contribution in [0.3, 0.4) is 0 Å². The molecule has 0 spiro atoms. The number of Topliss-reactive ketones (excluding diaryl/α,β-unsaturated/α-hetero) is 1. The van der Waals surface area contributed by atoms with Crippen molar-refractivity contribution in [2.45, 2.75) is 56.8 Å². The van der Waals surface area contributed by atoms with Crippen LogP contribution in [0.5, 0.6) is 0 Å². The van der Waals surface area contributed by atoms with Crippen LogP contribution in [0.4, 0.5) is 0 Å². The minimum Gasteiger partial charge on any atom is -0.339 e. The summed E-state index contributed by atoms with van der Waals surface area (Å²) in [5, 5.41) is 4.13. The fourth-order valence-corrected chi connectivity index (χ4v) is 3.72. The molecule has 1 atom stereocenters. The fraction of sp³-hybridized carbons (Fsp3) is 0.526. The third-order valence-electron chi connectivity index (χ3n) is 5.45. The Balaban J connectivity index is 1.38. The topological polar surface area (TPSA) is 56.0 Å². The van der Waals surface area contributed by atoms with Crippen LogP contribution >= 0.6 is 0 Å². The van der Waals surface area contributed by atoms with Crippen LogP contribution in [0.25, 0.3) is 11.4 Å². The summed E-state index contributed by atoms with van der Waals surface area (Å²) in [5.74, 6) is 3.24. The maximum absolute atomic E-state index is 12.1. The summed E-state index contributed by atoms with van der Waals surface area (Å²) in [6.45, 7) is 0. The largest absolute Gasteiger partial charge is 0.339 e. The van der Waals surface area contributed by atoms with Gasteiger partial charge in [-0.05, 0) is 61.6 Å². The number of hydrogen-bond donors (Lipinski definition) is 0. The second kappa shape index (κ2) is 5.02. The molecule has 4 nitrogen and oxygen atoms in total. The first-order chi connectivity index (χ1) is 11.3. The molecule has 118 valence electrons. The number of aromatic nitrogens is 2. The number of carbonyl (C=O) groups excluding carboxylic acids is 1. The summed E-state index contributed by atoms with van der Waals surface area (Å²) in [4.78, 5) is 16.6. The first-order valence-electron chi connectivity index (χ1n) is 8.77. The number of fused-ring (bicyclic) bond motifs is 1. The van der Waals surface area contributed by atoms with E-state index in [1.54, 1.807) is 0 Å². The van der Waals surface area contributed by atoms with E-state index in [1.807, 2.05) is 0 Å². The van der Waals surface area contributed by atoms with E-state index in [0.717, 1.165) is 43.6 Å². The van der Waals surface area contributed by atoms with Gasteiger partial charge in [0.2, 0.25) is 11.7 Å². The van der Waals surface area contributed by atoms with Gasteiger partial charge in [-0.15, -0.1) is 0 Å². The molecule has 0 N–H and O–H groups in total. The molecule has 23 heavy (non-hydrogen) atoms. The summed E-state index contributed by atoms with van der Waals surface area (Å²) >= 11 is 0. The number of aryl methyl sites for hydroxylation is 1. The molecule has 2 aromatic rings. The molecule has 1 aromatic heterocycles. The average Bonchev–Trinajstić information content (AvgIpc) is 3.50. The van der Waals surface area contributed by atoms with E-state index in [9.17, 15) is 4.79 Å². The number of nitrogens with zero attached hydrogens (tertiary/aromatic N) is 2. The minimum absolute atomic E-state index is 0.374. The van der Waals surface area contributed by atoms with Gasteiger partial charge in [0.05, 0.1) is 0 Å². The Morgan fingerprint density at radius 3 is 2.83 bits per heavy atom. The van der Waals surface area contributed by atoms with Crippen molar-refractivity contribution in [3.05, 3.63) is 35.2 Å². The molecule has 4 heteroatoms. The van der Waals surface area contributed by atoms with Crippen molar-refractivity contribution in [3.8, 4) is 11.4 Å². The van der Waals surface area contributed by atoms with Crippen LogP contribution in [-0.4, -0.2) is 15.9 Å². The maximum Gasteiger partial charge on any atom is 0.230 e. The maximum atomic E-state index is 12.1. The lowest BCUT2D eigenvalue weighted by atomic mass is 9.93. The highest BCUT2D eigenvalue weighted by Crippen LogP contribution is 2.42. The van der Waals surface area contributed by atoms with Crippen LogP contribution in [0.1, 0.15) is 67.4 Å². The zero-order chi connectivity index (χ0) is 15.4. The molecule has 0 radical (unpaired) electrons. The Labute approximate surface area is 135 Å². The molecule has 0 aliphatic heterocycles. The molecule has 2 saturated carbocycles. The van der Waals surface area contributed by atoms with E-state index < -0.39 is 0 Å². The summed E-state index contributed by atoms with van der Waals surface area (Å²) in [5.41, 5.74) is 3.75. The highest BCUT2D eigenvalue weighted by Gasteiger charge is 2.33. The summed E-state index contributed by atoms with van der Waals surface area (Å²) in [7, 11) is 0. The summed E-state index contributed by atoms with van der Waals surface area (Å²) in [6.07, 6.45) is 7.43. The smallest absolute Gasteiger partial charge is 0.230 e. The molecule has 1 heterocycles. The Hall–Kier alpha value is -1.97. The molecule has 1 aromatic carbocycles. The lowest BCUT2D eigenvalue weighted by Crippen LogP contribution is -2.06. The van der Waals surface area contributed by atoms with Crippen LogP contribution in [-0.2, 0) is 11.2 Å². The van der Waals surface area contributed by atoms with Crippen molar-refractivity contribution in [1.29, 1.82) is 0 Å². The Bertz CT molecular complexity index is 771.